The second kappa shape index (κ2) is 12.0. The molecule has 0 amide bonds. The van der Waals surface area contributed by atoms with E-state index >= 15 is 0 Å². The van der Waals surface area contributed by atoms with Crippen LogP contribution in [0.4, 0.5) is 5.69 Å². The number of hydrogen-bond donors (Lipinski definition) is 2. The molecule has 2 N–H and O–H groups in total. The highest BCUT2D eigenvalue weighted by Crippen LogP contribution is 2.26. The summed E-state index contributed by atoms with van der Waals surface area (Å²) in [4.78, 5) is 2.56. The summed E-state index contributed by atoms with van der Waals surface area (Å²) in [5.41, 5.74) is 3.84. The first kappa shape index (κ1) is 22.5. The van der Waals surface area contributed by atoms with Crippen molar-refractivity contribution in [1.29, 1.82) is 0 Å². The molecular formula is C21H29Cl2N3. The van der Waals surface area contributed by atoms with Crippen LogP contribution in [0, 0.1) is 0 Å². The fourth-order valence-corrected chi connectivity index (χ4v) is 3.27. The topological polar surface area (TPSA) is 27.3 Å². The first-order valence-electron chi connectivity index (χ1n) is 8.80. The molecule has 142 valence electrons. The maximum atomic E-state index is 3.95. The van der Waals surface area contributed by atoms with E-state index in [1.165, 1.54) is 16.8 Å². The third kappa shape index (κ3) is 6.33. The number of piperazine rings is 1. The van der Waals surface area contributed by atoms with Gasteiger partial charge in [-0.25, -0.2) is 0 Å². The van der Waals surface area contributed by atoms with Gasteiger partial charge in [0.25, 0.3) is 0 Å². The zero-order valence-corrected chi connectivity index (χ0v) is 16.7. The predicted molar refractivity (Wildman–Crippen MR) is 117 cm³/mol. The fraction of sp³-hybridized carbons (Fsp3) is 0.333. The number of hydrogen-bond acceptors (Lipinski definition) is 3. The number of benzene rings is 2. The molecule has 3 nitrogen and oxygen atoms in total. The average Bonchev–Trinajstić information content (AvgIpc) is 2.66. The lowest BCUT2D eigenvalue weighted by atomic mass is 10.0. The third-order valence-corrected chi connectivity index (χ3v) is 4.62. The van der Waals surface area contributed by atoms with Crippen molar-refractivity contribution in [1.82, 2.24) is 10.2 Å². The first-order chi connectivity index (χ1) is 11.9. The monoisotopic (exact) mass is 393 g/mol. The second-order valence-electron chi connectivity index (χ2n) is 6.29. The molecule has 0 saturated carbocycles. The van der Waals surface area contributed by atoms with E-state index in [4.69, 9.17) is 0 Å². The van der Waals surface area contributed by atoms with Crippen LogP contribution in [0.5, 0.6) is 0 Å². The van der Waals surface area contributed by atoms with Crippen LogP contribution in [0.2, 0.25) is 0 Å². The highest BCUT2D eigenvalue weighted by atomic mass is 35.5. The molecule has 0 unspecified atom stereocenters. The number of nitrogens with one attached hydrogen (secondary N) is 2. The zero-order valence-electron chi connectivity index (χ0n) is 15.1. The molecule has 1 fully saturated rings. The molecule has 26 heavy (non-hydrogen) atoms. The van der Waals surface area contributed by atoms with E-state index in [0.717, 1.165) is 39.1 Å². The summed E-state index contributed by atoms with van der Waals surface area (Å²) in [7, 11) is 0. The predicted octanol–water partition coefficient (Wildman–Crippen LogP) is 4.66. The minimum absolute atomic E-state index is 0. The lowest BCUT2D eigenvalue weighted by Gasteiger charge is -2.34. The molecule has 3 rings (SSSR count). The van der Waals surface area contributed by atoms with Crippen LogP contribution in [0.15, 0.2) is 67.3 Å². The van der Waals surface area contributed by atoms with Gasteiger partial charge in [0.1, 0.15) is 0 Å². The van der Waals surface area contributed by atoms with Gasteiger partial charge in [-0.3, -0.25) is 4.90 Å². The molecule has 1 saturated heterocycles. The molecule has 0 bridgehead atoms. The maximum absolute atomic E-state index is 3.95. The van der Waals surface area contributed by atoms with Crippen molar-refractivity contribution in [2.24, 2.45) is 0 Å². The molecule has 5 heteroatoms. The summed E-state index contributed by atoms with van der Waals surface area (Å²) in [5.74, 6) is 0. The molecule has 0 radical (unpaired) electrons. The van der Waals surface area contributed by atoms with Crippen LogP contribution in [-0.4, -0.2) is 31.1 Å². The molecular weight excluding hydrogens is 365 g/mol. The van der Waals surface area contributed by atoms with Gasteiger partial charge in [-0.1, -0.05) is 48.5 Å². The van der Waals surface area contributed by atoms with E-state index < -0.39 is 0 Å². The van der Waals surface area contributed by atoms with Crippen LogP contribution in [0.25, 0.3) is 0 Å². The second-order valence-corrected chi connectivity index (χ2v) is 6.29. The van der Waals surface area contributed by atoms with E-state index in [-0.39, 0.29) is 24.8 Å². The quantitative estimate of drug-likeness (QED) is 0.669. The molecule has 0 aliphatic carbocycles. The smallest absolute Gasteiger partial charge is 0.0400 e. The van der Waals surface area contributed by atoms with Gasteiger partial charge in [0, 0.05) is 44.5 Å². The van der Waals surface area contributed by atoms with Gasteiger partial charge in [0.2, 0.25) is 0 Å². The van der Waals surface area contributed by atoms with Gasteiger partial charge in [0.05, 0.1) is 0 Å². The highest BCUT2D eigenvalue weighted by molar-refractivity contribution is 5.85. The van der Waals surface area contributed by atoms with Crippen LogP contribution in [0.3, 0.4) is 0 Å². The van der Waals surface area contributed by atoms with Crippen molar-refractivity contribution in [3.05, 3.63) is 78.4 Å². The molecule has 1 heterocycles. The van der Waals surface area contributed by atoms with E-state index in [9.17, 15) is 0 Å². The fourth-order valence-electron chi connectivity index (χ4n) is 3.27. The largest absolute Gasteiger partial charge is 0.381 e. The molecule has 1 aliphatic heterocycles. The van der Waals surface area contributed by atoms with E-state index in [2.05, 4.69) is 70.6 Å². The van der Waals surface area contributed by atoms with Crippen molar-refractivity contribution in [2.75, 3.05) is 31.5 Å². The van der Waals surface area contributed by atoms with Gasteiger partial charge >= 0.3 is 0 Å². The van der Waals surface area contributed by atoms with Crippen LogP contribution in [0.1, 0.15) is 23.6 Å². The van der Waals surface area contributed by atoms with Crippen molar-refractivity contribution in [2.45, 2.75) is 19.0 Å². The van der Waals surface area contributed by atoms with Gasteiger partial charge in [-0.15, -0.1) is 31.4 Å². The Morgan fingerprint density at radius 2 is 1.65 bits per heavy atom. The lowest BCUT2D eigenvalue weighted by molar-refractivity contribution is 0.174. The SMILES string of the molecule is C=CC[C@H](c1ccc(NCc2ccccc2)cc1)N1CCNCC1.Cl.Cl. The third-order valence-electron chi connectivity index (χ3n) is 4.62. The molecule has 1 atom stereocenters. The van der Waals surface area contributed by atoms with Crippen molar-refractivity contribution in [3.63, 3.8) is 0 Å². The number of rotatable bonds is 7. The Bertz CT molecular complexity index is 625. The summed E-state index contributed by atoms with van der Waals surface area (Å²) in [6, 6.07) is 19.8. The maximum Gasteiger partial charge on any atom is 0.0400 e. The Morgan fingerprint density at radius 1 is 1.00 bits per heavy atom. The molecule has 2 aromatic rings. The first-order valence-corrected chi connectivity index (χ1v) is 8.80. The Morgan fingerprint density at radius 3 is 2.27 bits per heavy atom. The van der Waals surface area contributed by atoms with E-state index in [0.29, 0.717) is 6.04 Å². The van der Waals surface area contributed by atoms with E-state index in [1.54, 1.807) is 0 Å². The van der Waals surface area contributed by atoms with Crippen LogP contribution in [-0.2, 0) is 6.54 Å². The Balaban J connectivity index is 0.00000169. The van der Waals surface area contributed by atoms with Crippen LogP contribution < -0.4 is 10.6 Å². The summed E-state index contributed by atoms with van der Waals surface area (Å²) in [6.45, 7) is 9.16. The highest BCUT2D eigenvalue weighted by Gasteiger charge is 2.20. The molecule has 0 aromatic heterocycles. The Labute approximate surface area is 169 Å². The Hall–Kier alpha value is -1.52. The lowest BCUT2D eigenvalue weighted by Crippen LogP contribution is -2.45. The van der Waals surface area contributed by atoms with Crippen molar-refractivity contribution >= 4 is 30.5 Å². The van der Waals surface area contributed by atoms with Gasteiger partial charge < -0.3 is 10.6 Å². The van der Waals surface area contributed by atoms with Crippen LogP contribution >= 0.6 is 24.8 Å². The average molecular weight is 394 g/mol. The minimum Gasteiger partial charge on any atom is -0.381 e. The summed E-state index contributed by atoms with van der Waals surface area (Å²) < 4.78 is 0. The summed E-state index contributed by atoms with van der Waals surface area (Å²) >= 11 is 0. The Kier molecular flexibility index (Phi) is 10.4. The van der Waals surface area contributed by atoms with Crippen molar-refractivity contribution < 1.29 is 0 Å². The van der Waals surface area contributed by atoms with Gasteiger partial charge in [-0.2, -0.15) is 0 Å². The number of halogens is 2. The van der Waals surface area contributed by atoms with Gasteiger partial charge in [0.15, 0.2) is 0 Å². The molecule has 1 aliphatic rings. The molecule has 2 aromatic carbocycles. The van der Waals surface area contributed by atoms with E-state index in [1.807, 2.05) is 12.1 Å². The number of anilines is 1. The van der Waals surface area contributed by atoms with Crippen molar-refractivity contribution in [3.8, 4) is 0 Å². The minimum atomic E-state index is 0. The number of nitrogens with zero attached hydrogens (tertiary/aromatic N) is 1. The van der Waals surface area contributed by atoms with Gasteiger partial charge in [-0.05, 0) is 29.7 Å². The summed E-state index contributed by atoms with van der Waals surface area (Å²) in [5, 5.41) is 6.92. The standard InChI is InChI=1S/C21H27N3.2ClH/c1-2-6-21(24-15-13-22-14-16-24)19-9-11-20(12-10-19)23-17-18-7-4-3-5-8-18;;/h2-5,7-12,21-23H,1,6,13-17H2;2*1H/t21-;;/m1../s1. The normalized spacial score (nSPS) is 15.2. The molecule has 0 spiro atoms. The zero-order chi connectivity index (χ0) is 16.6. The summed E-state index contributed by atoms with van der Waals surface area (Å²) in [6.07, 6.45) is 3.03.